The number of anilines is 1. The highest BCUT2D eigenvalue weighted by Gasteiger charge is 2.53. The molecule has 5 aromatic rings. The van der Waals surface area contributed by atoms with Crippen molar-refractivity contribution in [1.82, 2.24) is 24.8 Å². The van der Waals surface area contributed by atoms with Crippen molar-refractivity contribution in [3.8, 4) is 35.4 Å². The number of piperazine rings is 1. The third-order valence-corrected chi connectivity index (χ3v) is 13.4. The number of nitrogens with zero attached hydrogens (tertiary/aromatic N) is 6. The van der Waals surface area contributed by atoms with E-state index < -0.39 is 34.8 Å². The molecule has 13 nitrogen and oxygen atoms in total. The van der Waals surface area contributed by atoms with Crippen molar-refractivity contribution in [1.29, 1.82) is 0 Å². The number of hydrogen-bond acceptors (Lipinski definition) is 12. The Morgan fingerprint density at radius 3 is 2.66 bits per heavy atom. The lowest BCUT2D eigenvalue weighted by atomic mass is 9.88. The lowest BCUT2D eigenvalue weighted by molar-refractivity contribution is 0.00489. The molecule has 324 valence electrons. The van der Waals surface area contributed by atoms with Crippen LogP contribution < -0.4 is 20.2 Å². The van der Waals surface area contributed by atoms with E-state index in [0.717, 1.165) is 32.2 Å². The van der Waals surface area contributed by atoms with Gasteiger partial charge in [-0.2, -0.15) is 9.97 Å². The Kier molecular flexibility index (Phi) is 9.51. The van der Waals surface area contributed by atoms with Gasteiger partial charge in [-0.15, -0.1) is 6.42 Å². The number of amides is 1. The summed E-state index contributed by atoms with van der Waals surface area (Å²) < 4.78 is 76.9. The second-order valence-corrected chi connectivity index (χ2v) is 18.5. The van der Waals surface area contributed by atoms with Gasteiger partial charge in [0.1, 0.15) is 53.6 Å². The summed E-state index contributed by atoms with van der Waals surface area (Å²) in [6.45, 7) is 10.6. The summed E-state index contributed by atoms with van der Waals surface area (Å²) in [7, 11) is 0. The maximum Gasteiger partial charge on any atom is 0.519 e. The van der Waals surface area contributed by atoms with E-state index in [4.69, 9.17) is 44.4 Å². The number of aromatic nitrogens is 3. The van der Waals surface area contributed by atoms with Gasteiger partial charge in [-0.3, -0.25) is 9.80 Å². The number of rotatable bonds is 7. The molecule has 0 saturated carbocycles. The van der Waals surface area contributed by atoms with Crippen molar-refractivity contribution < 1.29 is 41.0 Å². The van der Waals surface area contributed by atoms with Gasteiger partial charge in [0.2, 0.25) is 0 Å². The molecule has 5 aliphatic heterocycles. The first kappa shape index (κ1) is 40.3. The van der Waals surface area contributed by atoms with Crippen LogP contribution in [0.5, 0.6) is 11.8 Å². The Morgan fingerprint density at radius 1 is 1.08 bits per heavy atom. The molecule has 0 radical (unpaired) electrons. The van der Waals surface area contributed by atoms with Crippen molar-refractivity contribution in [2.75, 3.05) is 31.1 Å². The summed E-state index contributed by atoms with van der Waals surface area (Å²) in [5, 5.41) is 1.10. The van der Waals surface area contributed by atoms with Crippen LogP contribution in [0.2, 0.25) is 0 Å². The lowest BCUT2D eigenvalue weighted by Crippen LogP contribution is -2.63. The summed E-state index contributed by atoms with van der Waals surface area (Å²) in [5.74, 6) is 1.03. The molecule has 0 unspecified atom stereocenters. The first-order chi connectivity index (χ1) is 29.6. The SMILES string of the molecule is C#Cc1c(F)ccc2cc(OCc3oc(=O)oc3C)cc(-c3nc4c5c(nc(OC[C@@]67CCCN6C[C@H](F)C7)nc5c3F)N3C[C@H]5CC[C@@H]([C@@H]3[C@@H](C)C4)N5C(=O)OC(C)(C)C)c12. The Balaban J connectivity index is 1.14. The summed E-state index contributed by atoms with van der Waals surface area (Å²) in [6, 6.07) is 5.16. The maximum atomic E-state index is 17.9. The van der Waals surface area contributed by atoms with Gasteiger partial charge < -0.3 is 27.9 Å². The van der Waals surface area contributed by atoms with E-state index in [1.165, 1.54) is 18.2 Å². The average Bonchev–Trinajstić information content (AvgIpc) is 3.92. The van der Waals surface area contributed by atoms with Crippen LogP contribution in [0.3, 0.4) is 0 Å². The number of aryl methyl sites for hydroxylation is 1. The van der Waals surface area contributed by atoms with Crippen molar-refractivity contribution in [3.63, 3.8) is 0 Å². The number of benzene rings is 2. The standard InChI is InChI=1S/C46H47F3N6O7/c1-7-29-31(48)11-9-25-16-28(58-21-34-24(3)60-44(57)61-34)17-30(35(25)29)38-37(49)39-36-32(50-38)15-23(2)40-33-12-10-27(55(33)43(56)62-45(4,5)6)20-54(40)41(36)52-42(51-39)59-22-46-13-8-14-53(46)19-26(47)18-46/h1,9,11,16-17,23,26-27,33,40H,8,10,12-15,18-22H2,2-6H3/t23-,26+,27+,33-,40-,46-/m0/s1. The first-order valence-electron chi connectivity index (χ1n) is 21.3. The number of fused-ring (bicyclic) bond motifs is 7. The fourth-order valence-electron chi connectivity index (χ4n) is 10.9. The van der Waals surface area contributed by atoms with Crippen molar-refractivity contribution in [2.45, 2.75) is 115 Å². The zero-order valence-corrected chi connectivity index (χ0v) is 35.2. The molecule has 62 heavy (non-hydrogen) atoms. The molecule has 2 bridgehead atoms. The summed E-state index contributed by atoms with van der Waals surface area (Å²) in [4.78, 5) is 46.6. The number of carbonyl (C=O) groups excluding carboxylic acids is 1. The van der Waals surface area contributed by atoms with Gasteiger partial charge in [-0.05, 0) is 95.8 Å². The number of carbonyl (C=O) groups is 1. The monoisotopic (exact) mass is 852 g/mol. The van der Waals surface area contributed by atoms with E-state index in [1.807, 2.05) is 25.7 Å². The lowest BCUT2D eigenvalue weighted by Gasteiger charge is -2.49. The summed E-state index contributed by atoms with van der Waals surface area (Å²) in [5.41, 5.74) is -0.853. The van der Waals surface area contributed by atoms with Gasteiger partial charge in [0.25, 0.3) is 0 Å². The topological polar surface area (TPSA) is 136 Å². The van der Waals surface area contributed by atoms with Crippen LogP contribution in [0.25, 0.3) is 32.9 Å². The highest BCUT2D eigenvalue weighted by molar-refractivity contribution is 6.03. The van der Waals surface area contributed by atoms with E-state index in [9.17, 15) is 14.0 Å². The molecular formula is C46H47F3N6O7. The van der Waals surface area contributed by atoms with Crippen LogP contribution in [0.15, 0.2) is 37.9 Å². The molecular weight excluding hydrogens is 806 g/mol. The zero-order valence-electron chi connectivity index (χ0n) is 35.2. The predicted octanol–water partition coefficient (Wildman–Crippen LogP) is 7.64. The minimum Gasteiger partial charge on any atom is -0.485 e. The van der Waals surface area contributed by atoms with E-state index in [1.54, 1.807) is 13.0 Å². The molecule has 4 fully saturated rings. The second-order valence-electron chi connectivity index (χ2n) is 18.5. The van der Waals surface area contributed by atoms with Crippen molar-refractivity contribution >= 4 is 33.6 Å². The molecule has 2 aromatic carbocycles. The Hall–Kier alpha value is -5.82. The molecule has 4 saturated heterocycles. The number of alkyl halides is 1. The number of terminal acetylenes is 1. The second kappa shape index (κ2) is 14.6. The van der Waals surface area contributed by atoms with Crippen LogP contribution in [-0.4, -0.2) is 92.5 Å². The smallest absolute Gasteiger partial charge is 0.485 e. The van der Waals surface area contributed by atoms with Gasteiger partial charge in [-0.25, -0.2) is 27.7 Å². The van der Waals surface area contributed by atoms with Crippen LogP contribution >= 0.6 is 0 Å². The van der Waals surface area contributed by atoms with Crippen LogP contribution in [0, 0.1) is 36.8 Å². The maximum absolute atomic E-state index is 17.9. The molecule has 16 heteroatoms. The third-order valence-electron chi connectivity index (χ3n) is 13.4. The predicted molar refractivity (Wildman–Crippen MR) is 222 cm³/mol. The molecule has 6 atom stereocenters. The number of ether oxygens (including phenoxy) is 3. The van der Waals surface area contributed by atoms with E-state index in [-0.39, 0.29) is 94.4 Å². The molecule has 0 N–H and O–H groups in total. The number of pyridine rings is 1. The minimum atomic E-state index is -0.983. The van der Waals surface area contributed by atoms with E-state index >= 15 is 8.78 Å². The Morgan fingerprint density at radius 2 is 1.90 bits per heavy atom. The molecule has 1 amide bonds. The van der Waals surface area contributed by atoms with Gasteiger partial charge in [0.15, 0.2) is 17.3 Å². The van der Waals surface area contributed by atoms with Gasteiger partial charge in [0, 0.05) is 30.5 Å². The van der Waals surface area contributed by atoms with Crippen molar-refractivity contribution in [2.24, 2.45) is 5.92 Å². The Bertz CT molecular complexity index is 2760. The molecule has 0 aliphatic carbocycles. The number of halogens is 3. The average molecular weight is 853 g/mol. The number of hydrogen-bond donors (Lipinski definition) is 0. The molecule has 3 aromatic heterocycles. The molecule has 5 aliphatic rings. The molecule has 0 spiro atoms. The van der Waals surface area contributed by atoms with Gasteiger partial charge in [0.05, 0.1) is 40.3 Å². The fourth-order valence-corrected chi connectivity index (χ4v) is 10.9. The first-order valence-corrected chi connectivity index (χ1v) is 21.3. The van der Waals surface area contributed by atoms with E-state index in [2.05, 4.69) is 22.6 Å². The van der Waals surface area contributed by atoms with E-state index in [0.29, 0.717) is 48.2 Å². The zero-order chi connectivity index (χ0) is 43.4. The third kappa shape index (κ3) is 6.62. The van der Waals surface area contributed by atoms with Gasteiger partial charge >= 0.3 is 17.9 Å². The Labute approximate surface area is 355 Å². The normalized spacial score (nSPS) is 25.5. The largest absolute Gasteiger partial charge is 0.519 e. The minimum absolute atomic E-state index is 0.0516. The highest BCUT2D eigenvalue weighted by atomic mass is 19.1. The molecule has 8 heterocycles. The molecule has 10 rings (SSSR count). The van der Waals surface area contributed by atoms with Gasteiger partial charge in [-0.1, -0.05) is 18.9 Å². The highest BCUT2D eigenvalue weighted by Crippen LogP contribution is 2.48. The fraction of sp³-hybridized carbons (Fsp3) is 0.500. The van der Waals surface area contributed by atoms with Crippen LogP contribution in [0.4, 0.5) is 23.8 Å². The van der Waals surface area contributed by atoms with Crippen molar-refractivity contribution in [3.05, 3.63) is 69.3 Å². The summed E-state index contributed by atoms with van der Waals surface area (Å²) >= 11 is 0. The van der Waals surface area contributed by atoms with Crippen LogP contribution in [-0.2, 0) is 17.8 Å². The summed E-state index contributed by atoms with van der Waals surface area (Å²) in [6.07, 6.45) is 8.39. The van der Waals surface area contributed by atoms with Crippen LogP contribution in [0.1, 0.15) is 82.6 Å². The quantitative estimate of drug-likeness (QED) is 0.149.